The maximum Gasteiger partial charge on any atom is 0.305 e. The zero-order chi connectivity index (χ0) is 13.9. The summed E-state index contributed by atoms with van der Waals surface area (Å²) in [7, 11) is 0. The predicted molar refractivity (Wildman–Crippen MR) is 79.2 cm³/mol. The van der Waals surface area contributed by atoms with Gasteiger partial charge in [0.25, 0.3) is 0 Å². The van der Waals surface area contributed by atoms with Crippen LogP contribution in [0.4, 0.5) is 0 Å². The minimum atomic E-state index is -0.0377. The SMILES string of the molecule is CCCC1CCCCN1CCCCCC(=O)OCC. The second kappa shape index (κ2) is 10.2. The fraction of sp³-hybridized carbons (Fsp3) is 0.938. The van der Waals surface area contributed by atoms with Gasteiger partial charge < -0.3 is 9.64 Å². The lowest BCUT2D eigenvalue weighted by atomic mass is 9.98. The Kier molecular flexibility index (Phi) is 8.89. The highest BCUT2D eigenvalue weighted by Gasteiger charge is 2.20. The molecule has 1 heterocycles. The number of piperidine rings is 1. The van der Waals surface area contributed by atoms with Gasteiger partial charge in [-0.25, -0.2) is 0 Å². The van der Waals surface area contributed by atoms with Crippen molar-refractivity contribution in [2.24, 2.45) is 0 Å². The molecule has 0 aromatic heterocycles. The molecule has 1 aliphatic rings. The molecule has 1 unspecified atom stereocenters. The van der Waals surface area contributed by atoms with E-state index in [2.05, 4.69) is 11.8 Å². The number of ether oxygens (including phenoxy) is 1. The summed E-state index contributed by atoms with van der Waals surface area (Å²) in [6.45, 7) is 7.15. The van der Waals surface area contributed by atoms with E-state index in [1.807, 2.05) is 6.92 Å². The molecule has 0 N–H and O–H groups in total. The number of rotatable bonds is 9. The predicted octanol–water partition coefficient (Wildman–Crippen LogP) is 3.76. The van der Waals surface area contributed by atoms with E-state index in [1.165, 1.54) is 51.6 Å². The number of hydrogen-bond donors (Lipinski definition) is 0. The van der Waals surface area contributed by atoms with Crippen molar-refractivity contribution in [3.8, 4) is 0 Å². The highest BCUT2D eigenvalue weighted by molar-refractivity contribution is 5.69. The van der Waals surface area contributed by atoms with Crippen molar-refractivity contribution in [1.82, 2.24) is 4.90 Å². The molecule has 0 aromatic rings. The van der Waals surface area contributed by atoms with E-state index in [0.29, 0.717) is 13.0 Å². The molecule has 0 aromatic carbocycles. The number of carbonyl (C=O) groups is 1. The summed E-state index contributed by atoms with van der Waals surface area (Å²) >= 11 is 0. The normalized spacial score (nSPS) is 20.4. The third-order valence-electron chi connectivity index (χ3n) is 4.00. The van der Waals surface area contributed by atoms with Gasteiger partial charge in [0.2, 0.25) is 0 Å². The van der Waals surface area contributed by atoms with Crippen molar-refractivity contribution in [2.45, 2.75) is 77.7 Å². The van der Waals surface area contributed by atoms with Crippen LogP contribution in [0, 0.1) is 0 Å². The van der Waals surface area contributed by atoms with Gasteiger partial charge in [-0.2, -0.15) is 0 Å². The van der Waals surface area contributed by atoms with Crippen LogP contribution >= 0.6 is 0 Å². The summed E-state index contributed by atoms with van der Waals surface area (Å²) in [5.74, 6) is -0.0377. The number of carbonyl (C=O) groups excluding carboxylic acids is 1. The van der Waals surface area contributed by atoms with Gasteiger partial charge in [0.15, 0.2) is 0 Å². The molecule has 19 heavy (non-hydrogen) atoms. The van der Waals surface area contributed by atoms with E-state index in [0.717, 1.165) is 18.9 Å². The number of unbranched alkanes of at least 4 members (excludes halogenated alkanes) is 2. The minimum Gasteiger partial charge on any atom is -0.466 e. The Hall–Kier alpha value is -0.570. The van der Waals surface area contributed by atoms with Crippen molar-refractivity contribution in [3.05, 3.63) is 0 Å². The van der Waals surface area contributed by atoms with E-state index >= 15 is 0 Å². The smallest absolute Gasteiger partial charge is 0.305 e. The molecule has 0 spiro atoms. The number of likely N-dealkylation sites (tertiary alicyclic amines) is 1. The Morgan fingerprint density at radius 1 is 1.21 bits per heavy atom. The summed E-state index contributed by atoms with van der Waals surface area (Å²) in [6.07, 6.45) is 10.7. The zero-order valence-electron chi connectivity index (χ0n) is 12.8. The highest BCUT2D eigenvalue weighted by Crippen LogP contribution is 2.21. The van der Waals surface area contributed by atoms with Gasteiger partial charge in [0, 0.05) is 12.5 Å². The molecule has 0 bridgehead atoms. The molecular formula is C16H31NO2. The number of nitrogens with zero attached hydrogens (tertiary/aromatic N) is 1. The maximum absolute atomic E-state index is 11.2. The Morgan fingerprint density at radius 3 is 2.79 bits per heavy atom. The molecule has 0 saturated carbocycles. The average Bonchev–Trinajstić information content (AvgIpc) is 2.41. The second-order valence-electron chi connectivity index (χ2n) is 5.59. The molecule has 1 aliphatic heterocycles. The van der Waals surface area contributed by atoms with Crippen molar-refractivity contribution in [1.29, 1.82) is 0 Å². The molecular weight excluding hydrogens is 238 g/mol. The number of esters is 1. The molecule has 0 radical (unpaired) electrons. The summed E-state index contributed by atoms with van der Waals surface area (Å²) < 4.78 is 4.94. The van der Waals surface area contributed by atoms with E-state index in [9.17, 15) is 4.79 Å². The van der Waals surface area contributed by atoms with Gasteiger partial charge in [-0.05, 0) is 52.1 Å². The highest BCUT2D eigenvalue weighted by atomic mass is 16.5. The molecule has 3 heteroatoms. The van der Waals surface area contributed by atoms with Crippen molar-refractivity contribution < 1.29 is 9.53 Å². The first-order chi connectivity index (χ1) is 9.27. The first-order valence-electron chi connectivity index (χ1n) is 8.17. The van der Waals surface area contributed by atoms with Gasteiger partial charge in [-0.15, -0.1) is 0 Å². The van der Waals surface area contributed by atoms with Crippen LogP contribution in [-0.4, -0.2) is 36.6 Å². The van der Waals surface area contributed by atoms with E-state index in [4.69, 9.17) is 4.74 Å². The van der Waals surface area contributed by atoms with Crippen LogP contribution in [0.15, 0.2) is 0 Å². The van der Waals surface area contributed by atoms with Crippen LogP contribution in [-0.2, 0) is 9.53 Å². The van der Waals surface area contributed by atoms with E-state index < -0.39 is 0 Å². The van der Waals surface area contributed by atoms with Crippen LogP contribution in [0.2, 0.25) is 0 Å². The van der Waals surface area contributed by atoms with Crippen LogP contribution in [0.5, 0.6) is 0 Å². The second-order valence-corrected chi connectivity index (χ2v) is 5.59. The standard InChI is InChI=1S/C16H31NO2/c1-3-10-15-11-7-9-14-17(15)13-8-5-6-12-16(18)19-4-2/h15H,3-14H2,1-2H3. The van der Waals surface area contributed by atoms with Gasteiger partial charge >= 0.3 is 5.97 Å². The molecule has 1 rings (SSSR count). The molecule has 112 valence electrons. The van der Waals surface area contributed by atoms with E-state index in [-0.39, 0.29) is 5.97 Å². The fourth-order valence-corrected chi connectivity index (χ4v) is 3.01. The van der Waals surface area contributed by atoms with Crippen molar-refractivity contribution in [3.63, 3.8) is 0 Å². The lowest BCUT2D eigenvalue weighted by Crippen LogP contribution is -2.39. The topological polar surface area (TPSA) is 29.5 Å². The Labute approximate surface area is 118 Å². The molecule has 0 aliphatic carbocycles. The Bertz CT molecular complexity index is 241. The lowest BCUT2D eigenvalue weighted by Gasteiger charge is -2.35. The molecule has 0 amide bonds. The zero-order valence-corrected chi connectivity index (χ0v) is 12.8. The third kappa shape index (κ3) is 6.95. The van der Waals surface area contributed by atoms with Crippen LogP contribution in [0.25, 0.3) is 0 Å². The molecule has 1 saturated heterocycles. The summed E-state index contributed by atoms with van der Waals surface area (Å²) in [6, 6.07) is 0.823. The minimum absolute atomic E-state index is 0.0377. The van der Waals surface area contributed by atoms with Gasteiger partial charge in [0.05, 0.1) is 6.61 Å². The fourth-order valence-electron chi connectivity index (χ4n) is 3.01. The summed E-state index contributed by atoms with van der Waals surface area (Å²) in [4.78, 5) is 13.9. The lowest BCUT2D eigenvalue weighted by molar-refractivity contribution is -0.143. The van der Waals surface area contributed by atoms with Crippen LogP contribution < -0.4 is 0 Å². The average molecular weight is 269 g/mol. The third-order valence-corrected chi connectivity index (χ3v) is 4.00. The summed E-state index contributed by atoms with van der Waals surface area (Å²) in [5, 5.41) is 0. The van der Waals surface area contributed by atoms with Crippen LogP contribution in [0.1, 0.15) is 71.6 Å². The Balaban J connectivity index is 2.08. The summed E-state index contributed by atoms with van der Waals surface area (Å²) in [5.41, 5.74) is 0. The van der Waals surface area contributed by atoms with Gasteiger partial charge in [-0.1, -0.05) is 26.2 Å². The maximum atomic E-state index is 11.2. The molecule has 1 fully saturated rings. The Morgan fingerprint density at radius 2 is 2.05 bits per heavy atom. The van der Waals surface area contributed by atoms with Crippen molar-refractivity contribution in [2.75, 3.05) is 19.7 Å². The largest absolute Gasteiger partial charge is 0.466 e. The van der Waals surface area contributed by atoms with Crippen molar-refractivity contribution >= 4 is 5.97 Å². The quantitative estimate of drug-likeness (QED) is 0.471. The monoisotopic (exact) mass is 269 g/mol. The van der Waals surface area contributed by atoms with Gasteiger partial charge in [0.1, 0.15) is 0 Å². The van der Waals surface area contributed by atoms with Crippen LogP contribution in [0.3, 0.4) is 0 Å². The first kappa shape index (κ1) is 16.5. The first-order valence-corrected chi connectivity index (χ1v) is 8.17. The van der Waals surface area contributed by atoms with Gasteiger partial charge in [-0.3, -0.25) is 4.79 Å². The van der Waals surface area contributed by atoms with E-state index in [1.54, 1.807) is 0 Å². The number of hydrogen-bond acceptors (Lipinski definition) is 3. The molecule has 1 atom stereocenters. The molecule has 3 nitrogen and oxygen atoms in total.